The Morgan fingerprint density at radius 1 is 1.50 bits per heavy atom. The van der Waals surface area contributed by atoms with Crippen LogP contribution in [0.25, 0.3) is 0 Å². The first-order chi connectivity index (χ1) is 8.61. The molecule has 2 unspecified atom stereocenters. The molecule has 18 heavy (non-hydrogen) atoms. The van der Waals surface area contributed by atoms with Gasteiger partial charge in [-0.15, -0.1) is 0 Å². The molecule has 0 aromatic carbocycles. The van der Waals surface area contributed by atoms with Gasteiger partial charge in [0, 0.05) is 12.1 Å². The molecular formula is C13H18N2O3. The lowest BCUT2D eigenvalue weighted by atomic mass is 9.82. The summed E-state index contributed by atoms with van der Waals surface area (Å²) in [5.74, 6) is 1.01. The fourth-order valence-corrected chi connectivity index (χ4v) is 2.55. The van der Waals surface area contributed by atoms with Gasteiger partial charge in [-0.05, 0) is 18.8 Å². The van der Waals surface area contributed by atoms with Gasteiger partial charge in [-0.2, -0.15) is 0 Å². The Morgan fingerprint density at radius 3 is 2.89 bits per heavy atom. The molecule has 0 bridgehead atoms. The quantitative estimate of drug-likeness (QED) is 0.813. The molecule has 2 rings (SSSR count). The molecule has 2 atom stereocenters. The fourth-order valence-electron chi connectivity index (χ4n) is 2.55. The molecular weight excluding hydrogens is 232 g/mol. The number of ether oxygens (including phenoxy) is 1. The molecule has 0 amide bonds. The van der Waals surface area contributed by atoms with E-state index in [1.54, 1.807) is 0 Å². The first-order valence-electron chi connectivity index (χ1n) is 6.29. The van der Waals surface area contributed by atoms with Crippen LogP contribution in [-0.2, 0) is 4.74 Å². The van der Waals surface area contributed by atoms with Crippen LogP contribution in [0.5, 0.6) is 0 Å². The molecule has 0 aliphatic heterocycles. The molecule has 1 N–H and O–H groups in total. The number of methoxy groups -OCH3 is 1. The average molecular weight is 250 g/mol. The van der Waals surface area contributed by atoms with Crippen LogP contribution in [0.2, 0.25) is 0 Å². The molecule has 0 radical (unpaired) electrons. The third-order valence-electron chi connectivity index (χ3n) is 3.55. The number of H-pyrrole nitrogens is 1. The lowest BCUT2D eigenvalue weighted by Crippen LogP contribution is -2.24. The molecule has 5 nitrogen and oxygen atoms in total. The van der Waals surface area contributed by atoms with Crippen LogP contribution in [0.3, 0.4) is 0 Å². The molecule has 98 valence electrons. The zero-order valence-electron chi connectivity index (χ0n) is 10.7. The van der Waals surface area contributed by atoms with Crippen molar-refractivity contribution in [3.8, 4) is 0 Å². The van der Waals surface area contributed by atoms with E-state index in [2.05, 4.69) is 21.6 Å². The van der Waals surface area contributed by atoms with Gasteiger partial charge in [0.05, 0.1) is 7.11 Å². The molecule has 5 heteroatoms. The van der Waals surface area contributed by atoms with Crippen molar-refractivity contribution in [2.45, 2.75) is 38.5 Å². The van der Waals surface area contributed by atoms with Crippen molar-refractivity contribution in [1.29, 1.82) is 0 Å². The molecule has 1 fully saturated rings. The van der Waals surface area contributed by atoms with E-state index in [9.17, 15) is 9.59 Å². The molecule has 1 saturated carbocycles. The van der Waals surface area contributed by atoms with Gasteiger partial charge in [-0.1, -0.05) is 19.8 Å². The van der Waals surface area contributed by atoms with Crippen LogP contribution in [-0.4, -0.2) is 23.0 Å². The van der Waals surface area contributed by atoms with Gasteiger partial charge in [0.1, 0.15) is 11.4 Å². The SMILES string of the molecule is COC(=O)c1cnc(C2CCCC(C)C2)[nH]c1=O. The monoisotopic (exact) mass is 250 g/mol. The number of carbonyl (C=O) groups is 1. The smallest absolute Gasteiger partial charge is 0.345 e. The van der Waals surface area contributed by atoms with Gasteiger partial charge in [0.2, 0.25) is 0 Å². The van der Waals surface area contributed by atoms with E-state index in [4.69, 9.17) is 0 Å². The van der Waals surface area contributed by atoms with Crippen molar-refractivity contribution in [2.75, 3.05) is 7.11 Å². The summed E-state index contributed by atoms with van der Waals surface area (Å²) < 4.78 is 4.52. The molecule has 1 aromatic rings. The minimum atomic E-state index is -0.646. The Kier molecular flexibility index (Phi) is 3.79. The summed E-state index contributed by atoms with van der Waals surface area (Å²) in [4.78, 5) is 30.0. The number of aromatic amines is 1. The maximum Gasteiger partial charge on any atom is 0.345 e. The molecule has 1 aliphatic carbocycles. The highest BCUT2D eigenvalue weighted by Gasteiger charge is 2.23. The number of hydrogen-bond donors (Lipinski definition) is 1. The first-order valence-corrected chi connectivity index (χ1v) is 6.29. The lowest BCUT2D eigenvalue weighted by molar-refractivity contribution is 0.0598. The van der Waals surface area contributed by atoms with E-state index in [0.29, 0.717) is 17.7 Å². The van der Waals surface area contributed by atoms with Crippen molar-refractivity contribution in [3.63, 3.8) is 0 Å². The Labute approximate surface area is 106 Å². The van der Waals surface area contributed by atoms with Crippen LogP contribution in [0.4, 0.5) is 0 Å². The van der Waals surface area contributed by atoms with Gasteiger partial charge < -0.3 is 9.72 Å². The van der Waals surface area contributed by atoms with Crippen molar-refractivity contribution in [2.24, 2.45) is 5.92 Å². The number of rotatable bonds is 2. The van der Waals surface area contributed by atoms with Crippen molar-refractivity contribution in [3.05, 3.63) is 27.9 Å². The van der Waals surface area contributed by atoms with Gasteiger partial charge in [-0.3, -0.25) is 4.79 Å². The number of nitrogens with zero attached hydrogens (tertiary/aromatic N) is 1. The second-order valence-corrected chi connectivity index (χ2v) is 4.97. The van der Waals surface area contributed by atoms with Crippen LogP contribution in [0, 0.1) is 5.92 Å². The van der Waals surface area contributed by atoms with E-state index in [1.165, 1.54) is 19.7 Å². The Morgan fingerprint density at radius 2 is 2.28 bits per heavy atom. The van der Waals surface area contributed by atoms with Crippen LogP contribution in [0.1, 0.15) is 54.7 Å². The van der Waals surface area contributed by atoms with Crippen LogP contribution < -0.4 is 5.56 Å². The van der Waals surface area contributed by atoms with E-state index in [1.807, 2.05) is 0 Å². The van der Waals surface area contributed by atoms with Crippen molar-refractivity contribution < 1.29 is 9.53 Å². The van der Waals surface area contributed by atoms with Gasteiger partial charge in [-0.25, -0.2) is 9.78 Å². The van der Waals surface area contributed by atoms with Gasteiger partial charge >= 0.3 is 5.97 Å². The molecule has 1 aliphatic rings. The molecule has 0 spiro atoms. The van der Waals surface area contributed by atoms with E-state index in [0.717, 1.165) is 19.3 Å². The number of carbonyl (C=O) groups excluding carboxylic acids is 1. The Bertz CT molecular complexity index is 495. The predicted molar refractivity (Wildman–Crippen MR) is 66.6 cm³/mol. The maximum absolute atomic E-state index is 11.8. The number of nitrogens with one attached hydrogen (secondary N) is 1. The highest BCUT2D eigenvalue weighted by Crippen LogP contribution is 2.33. The molecule has 0 saturated heterocycles. The third-order valence-corrected chi connectivity index (χ3v) is 3.55. The summed E-state index contributed by atoms with van der Waals surface area (Å²) in [6.07, 6.45) is 5.81. The van der Waals surface area contributed by atoms with Crippen LogP contribution >= 0.6 is 0 Å². The average Bonchev–Trinajstić information content (AvgIpc) is 2.37. The van der Waals surface area contributed by atoms with E-state index >= 15 is 0 Å². The number of esters is 1. The first kappa shape index (κ1) is 12.8. The summed E-state index contributed by atoms with van der Waals surface area (Å²) in [5.41, 5.74) is -0.449. The summed E-state index contributed by atoms with van der Waals surface area (Å²) in [6.45, 7) is 2.22. The third kappa shape index (κ3) is 2.60. The van der Waals surface area contributed by atoms with Gasteiger partial charge in [0.25, 0.3) is 5.56 Å². The topological polar surface area (TPSA) is 72.0 Å². The minimum absolute atomic E-state index is 0.0369. The highest BCUT2D eigenvalue weighted by atomic mass is 16.5. The Hall–Kier alpha value is -1.65. The Balaban J connectivity index is 2.23. The number of hydrogen-bond acceptors (Lipinski definition) is 4. The maximum atomic E-state index is 11.8. The lowest BCUT2D eigenvalue weighted by Gasteiger charge is -2.25. The minimum Gasteiger partial charge on any atom is -0.465 e. The molecule has 1 aromatic heterocycles. The molecule has 1 heterocycles. The van der Waals surface area contributed by atoms with E-state index < -0.39 is 11.5 Å². The summed E-state index contributed by atoms with van der Waals surface area (Å²) >= 11 is 0. The van der Waals surface area contributed by atoms with Crippen molar-refractivity contribution >= 4 is 5.97 Å². The zero-order chi connectivity index (χ0) is 13.1. The normalized spacial score (nSPS) is 23.7. The summed E-state index contributed by atoms with van der Waals surface area (Å²) in [5, 5.41) is 0. The van der Waals surface area contributed by atoms with Crippen LogP contribution in [0.15, 0.2) is 11.0 Å². The fraction of sp³-hybridized carbons (Fsp3) is 0.615. The second kappa shape index (κ2) is 5.33. The van der Waals surface area contributed by atoms with Crippen molar-refractivity contribution in [1.82, 2.24) is 9.97 Å². The predicted octanol–water partition coefficient (Wildman–Crippen LogP) is 1.85. The van der Waals surface area contributed by atoms with Gasteiger partial charge in [0.15, 0.2) is 0 Å². The summed E-state index contributed by atoms with van der Waals surface area (Å²) in [6, 6.07) is 0. The number of aromatic nitrogens is 2. The second-order valence-electron chi connectivity index (χ2n) is 4.97. The zero-order valence-corrected chi connectivity index (χ0v) is 10.7. The van der Waals surface area contributed by atoms with E-state index in [-0.39, 0.29) is 5.56 Å². The largest absolute Gasteiger partial charge is 0.465 e. The highest BCUT2D eigenvalue weighted by molar-refractivity contribution is 5.88. The summed E-state index contributed by atoms with van der Waals surface area (Å²) in [7, 11) is 1.25. The standard InChI is InChI=1S/C13H18N2O3/c1-8-4-3-5-9(6-8)11-14-7-10(12(16)15-11)13(17)18-2/h7-9H,3-6H2,1-2H3,(H,14,15,16).